The molecule has 2 aliphatic rings. The van der Waals surface area contributed by atoms with Crippen LogP contribution in [0.2, 0.25) is 0 Å². The summed E-state index contributed by atoms with van der Waals surface area (Å²) in [4.78, 5) is 28.7. The molecule has 0 radical (unpaired) electrons. The Morgan fingerprint density at radius 1 is 1.22 bits per heavy atom. The quantitative estimate of drug-likeness (QED) is 0.647. The van der Waals surface area contributed by atoms with Gasteiger partial charge in [0, 0.05) is 12.2 Å². The summed E-state index contributed by atoms with van der Waals surface area (Å²) in [6.45, 7) is 1.78. The van der Waals surface area contributed by atoms with Gasteiger partial charge in [-0.1, -0.05) is 53.7 Å². The number of carbonyl (C=O) groups excluding carboxylic acids is 2. The lowest BCUT2D eigenvalue weighted by molar-refractivity contribution is -0.121. The van der Waals surface area contributed by atoms with Gasteiger partial charge >= 0.3 is 0 Å². The number of hydrogen-bond acceptors (Lipinski definition) is 5. The van der Waals surface area contributed by atoms with Crippen molar-refractivity contribution in [2.75, 3.05) is 11.9 Å². The van der Waals surface area contributed by atoms with Crippen LogP contribution in [0.15, 0.2) is 59.1 Å². The lowest BCUT2D eigenvalue weighted by Gasteiger charge is -2.34. The van der Waals surface area contributed by atoms with Crippen molar-refractivity contribution >= 4 is 17.5 Å². The van der Waals surface area contributed by atoms with E-state index in [-0.39, 0.29) is 30.2 Å². The van der Waals surface area contributed by atoms with Crippen LogP contribution in [0.4, 0.5) is 5.69 Å². The Bertz CT molecular complexity index is 1170. The molecule has 1 fully saturated rings. The predicted octanol–water partition coefficient (Wildman–Crippen LogP) is 3.21. The molecule has 0 aliphatic carbocycles. The van der Waals surface area contributed by atoms with Crippen molar-refractivity contribution in [1.82, 2.24) is 10.1 Å². The van der Waals surface area contributed by atoms with E-state index in [1.807, 2.05) is 42.5 Å². The topological polar surface area (TPSA) is 95.7 Å². The molecule has 2 atom stereocenters. The molecule has 2 N–H and O–H groups in total. The number of carbonyl (C=O) groups is 2. The fourth-order valence-corrected chi connectivity index (χ4v) is 5.28. The number of anilines is 1. The first-order chi connectivity index (χ1) is 15.6. The molecule has 2 amide bonds. The van der Waals surface area contributed by atoms with Gasteiger partial charge in [0.05, 0.1) is 23.6 Å². The maximum atomic E-state index is 13.6. The maximum absolute atomic E-state index is 13.6. The van der Waals surface area contributed by atoms with Crippen LogP contribution < -0.4 is 5.32 Å². The van der Waals surface area contributed by atoms with E-state index in [4.69, 9.17) is 4.52 Å². The molecule has 0 bridgehead atoms. The summed E-state index contributed by atoms with van der Waals surface area (Å²) in [6.07, 6.45) is 1.90. The standard InChI is InChI=1S/C25H25N3O4/c1-16-18(15-29)22(27-32-16)23(30)28-14-13-25(19-9-5-6-10-20(19)26-24(25)31)21(28)12-11-17-7-3-2-4-8-17/h2-10,21,29H,11-15H2,1H3,(H,26,31)/t21-,25+/m0/s1. The molecule has 0 unspecified atom stereocenters. The van der Waals surface area contributed by atoms with E-state index in [9.17, 15) is 14.7 Å². The molecular formula is C25H25N3O4. The molecule has 7 heteroatoms. The van der Waals surface area contributed by atoms with Crippen LogP contribution in [0.1, 0.15) is 45.8 Å². The Morgan fingerprint density at radius 2 is 1.97 bits per heavy atom. The highest BCUT2D eigenvalue weighted by Gasteiger charge is 2.58. The van der Waals surface area contributed by atoms with E-state index in [2.05, 4.69) is 22.6 Å². The van der Waals surface area contributed by atoms with Crippen LogP contribution in [0, 0.1) is 6.92 Å². The molecule has 2 aromatic carbocycles. The fourth-order valence-electron chi connectivity index (χ4n) is 5.28. The summed E-state index contributed by atoms with van der Waals surface area (Å²) in [6, 6.07) is 17.5. The summed E-state index contributed by atoms with van der Waals surface area (Å²) in [7, 11) is 0. The van der Waals surface area contributed by atoms with Crippen molar-refractivity contribution in [1.29, 1.82) is 0 Å². The highest BCUT2D eigenvalue weighted by atomic mass is 16.5. The van der Waals surface area contributed by atoms with Crippen LogP contribution in [0.3, 0.4) is 0 Å². The van der Waals surface area contributed by atoms with E-state index in [1.165, 1.54) is 0 Å². The molecule has 3 heterocycles. The van der Waals surface area contributed by atoms with Crippen molar-refractivity contribution in [2.24, 2.45) is 0 Å². The molecule has 1 saturated heterocycles. The molecule has 3 aromatic rings. The Labute approximate surface area is 186 Å². The second-order valence-corrected chi connectivity index (χ2v) is 8.48. The monoisotopic (exact) mass is 431 g/mol. The van der Waals surface area contributed by atoms with E-state index in [1.54, 1.807) is 11.8 Å². The van der Waals surface area contributed by atoms with E-state index in [0.717, 1.165) is 23.2 Å². The maximum Gasteiger partial charge on any atom is 0.276 e. The Morgan fingerprint density at radius 3 is 2.75 bits per heavy atom. The third kappa shape index (κ3) is 3.04. The van der Waals surface area contributed by atoms with Gasteiger partial charge in [-0.3, -0.25) is 9.59 Å². The number of fused-ring (bicyclic) bond motifs is 2. The van der Waals surface area contributed by atoms with Gasteiger partial charge < -0.3 is 19.8 Å². The Hall–Kier alpha value is -3.45. The third-order valence-electron chi connectivity index (χ3n) is 6.91. The number of likely N-dealkylation sites (tertiary alicyclic amines) is 1. The lowest BCUT2D eigenvalue weighted by Crippen LogP contribution is -2.49. The number of aliphatic hydroxyl groups is 1. The zero-order valence-electron chi connectivity index (χ0n) is 17.9. The third-order valence-corrected chi connectivity index (χ3v) is 6.91. The zero-order valence-corrected chi connectivity index (χ0v) is 17.9. The number of amides is 2. The predicted molar refractivity (Wildman–Crippen MR) is 118 cm³/mol. The summed E-state index contributed by atoms with van der Waals surface area (Å²) in [5.74, 6) is 0.0540. The minimum absolute atomic E-state index is 0.0641. The number of nitrogens with zero attached hydrogens (tertiary/aromatic N) is 2. The number of aliphatic hydroxyl groups excluding tert-OH is 1. The van der Waals surface area contributed by atoms with Gasteiger partial charge in [-0.2, -0.15) is 0 Å². The molecule has 32 heavy (non-hydrogen) atoms. The van der Waals surface area contributed by atoms with Crippen molar-refractivity contribution < 1.29 is 19.2 Å². The van der Waals surface area contributed by atoms with Gasteiger partial charge in [-0.25, -0.2) is 0 Å². The first-order valence-corrected chi connectivity index (χ1v) is 10.9. The number of aromatic nitrogens is 1. The average Bonchev–Trinajstić information content (AvgIpc) is 3.47. The number of para-hydroxylation sites is 1. The number of nitrogens with one attached hydrogen (secondary N) is 1. The summed E-state index contributed by atoms with van der Waals surface area (Å²) in [5.41, 5.74) is 2.62. The number of benzene rings is 2. The SMILES string of the molecule is Cc1onc(C(=O)N2CC[C@]3(C(=O)Nc4ccccc43)[C@@H]2CCc2ccccc2)c1CO. The number of aryl methyl sites for hydroxylation is 2. The number of rotatable bonds is 5. The molecule has 5 rings (SSSR count). The molecule has 1 aromatic heterocycles. The highest BCUT2D eigenvalue weighted by Crippen LogP contribution is 2.49. The van der Waals surface area contributed by atoms with E-state index >= 15 is 0 Å². The second-order valence-electron chi connectivity index (χ2n) is 8.48. The highest BCUT2D eigenvalue weighted by molar-refractivity contribution is 6.08. The minimum atomic E-state index is -0.806. The largest absolute Gasteiger partial charge is 0.391 e. The average molecular weight is 431 g/mol. The van der Waals surface area contributed by atoms with Gasteiger partial charge in [0.1, 0.15) is 5.76 Å². The fraction of sp³-hybridized carbons (Fsp3) is 0.320. The summed E-state index contributed by atoms with van der Waals surface area (Å²) in [5, 5.41) is 16.7. The van der Waals surface area contributed by atoms with Gasteiger partial charge in [0.2, 0.25) is 5.91 Å². The van der Waals surface area contributed by atoms with Crippen LogP contribution in [0.25, 0.3) is 0 Å². The molecular weight excluding hydrogens is 406 g/mol. The van der Waals surface area contributed by atoms with Gasteiger partial charge in [0.25, 0.3) is 5.91 Å². The molecule has 164 valence electrons. The normalized spacial score (nSPS) is 21.8. The summed E-state index contributed by atoms with van der Waals surface area (Å²) < 4.78 is 5.19. The molecule has 0 saturated carbocycles. The van der Waals surface area contributed by atoms with Crippen LogP contribution in [-0.2, 0) is 23.2 Å². The van der Waals surface area contributed by atoms with Crippen LogP contribution >= 0.6 is 0 Å². The van der Waals surface area contributed by atoms with Crippen molar-refractivity contribution in [3.8, 4) is 0 Å². The number of hydrogen-bond donors (Lipinski definition) is 2. The van der Waals surface area contributed by atoms with Gasteiger partial charge in [-0.15, -0.1) is 0 Å². The van der Waals surface area contributed by atoms with Crippen molar-refractivity contribution in [2.45, 2.75) is 44.2 Å². The van der Waals surface area contributed by atoms with Gasteiger partial charge in [0.15, 0.2) is 5.69 Å². The van der Waals surface area contributed by atoms with E-state index < -0.39 is 5.41 Å². The first-order valence-electron chi connectivity index (χ1n) is 10.9. The molecule has 2 aliphatic heterocycles. The smallest absolute Gasteiger partial charge is 0.276 e. The summed E-state index contributed by atoms with van der Waals surface area (Å²) >= 11 is 0. The van der Waals surface area contributed by atoms with Crippen LogP contribution in [-0.4, -0.2) is 39.6 Å². The second kappa shape index (κ2) is 7.91. The van der Waals surface area contributed by atoms with Crippen molar-refractivity contribution in [3.63, 3.8) is 0 Å². The molecule has 1 spiro atoms. The Kier molecular flexibility index (Phi) is 5.06. The first kappa shape index (κ1) is 20.5. The molecule has 7 nitrogen and oxygen atoms in total. The lowest BCUT2D eigenvalue weighted by atomic mass is 9.73. The Balaban J connectivity index is 1.55. The zero-order chi connectivity index (χ0) is 22.3. The van der Waals surface area contributed by atoms with Crippen molar-refractivity contribution in [3.05, 3.63) is 82.7 Å². The van der Waals surface area contributed by atoms with Crippen LogP contribution in [0.5, 0.6) is 0 Å². The van der Waals surface area contributed by atoms with Gasteiger partial charge in [-0.05, 0) is 43.4 Å². The van der Waals surface area contributed by atoms with E-state index in [0.29, 0.717) is 30.7 Å². The minimum Gasteiger partial charge on any atom is -0.391 e.